The summed E-state index contributed by atoms with van der Waals surface area (Å²) in [5, 5.41) is 3.37. The number of rotatable bonds is 4. The smallest absolute Gasteiger partial charge is 0.337 e. The Morgan fingerprint density at radius 1 is 1.00 bits per heavy atom. The van der Waals surface area contributed by atoms with Crippen molar-refractivity contribution in [2.45, 2.75) is 77.7 Å². The van der Waals surface area contributed by atoms with E-state index in [1.165, 1.54) is 13.5 Å². The molecule has 0 aromatic heterocycles. The van der Waals surface area contributed by atoms with Crippen molar-refractivity contribution in [3.05, 3.63) is 57.9 Å². The van der Waals surface area contributed by atoms with Gasteiger partial charge >= 0.3 is 11.9 Å². The van der Waals surface area contributed by atoms with Crippen LogP contribution in [0.5, 0.6) is 0 Å². The minimum atomic E-state index is -0.521. The van der Waals surface area contributed by atoms with Crippen LogP contribution in [0.3, 0.4) is 0 Å². The minimum Gasteiger partial charge on any atom is -0.465 e. The van der Waals surface area contributed by atoms with E-state index in [2.05, 4.69) is 19.2 Å². The fourth-order valence-corrected chi connectivity index (χ4v) is 5.37. The molecule has 33 heavy (non-hydrogen) atoms. The molecule has 1 aliphatic heterocycles. The molecule has 4 rings (SSSR count). The van der Waals surface area contributed by atoms with Gasteiger partial charge in [-0.15, -0.1) is 0 Å². The van der Waals surface area contributed by atoms with Gasteiger partial charge < -0.3 is 14.8 Å². The van der Waals surface area contributed by atoms with E-state index in [-0.39, 0.29) is 23.3 Å². The fraction of sp³-hybridized carbons (Fsp3) is 0.519. The highest BCUT2D eigenvalue weighted by molar-refractivity contribution is 6.04. The number of carbonyl (C=O) groups excluding carboxylic acids is 3. The normalized spacial score (nSPS) is 23.0. The molecular formula is C27H33NO5. The molecule has 1 fully saturated rings. The zero-order valence-corrected chi connectivity index (χ0v) is 20.0. The summed E-state index contributed by atoms with van der Waals surface area (Å²) in [5.41, 5.74) is 3.79. The molecule has 3 aliphatic rings. The summed E-state index contributed by atoms with van der Waals surface area (Å²) in [5.74, 6) is -1.26. The van der Waals surface area contributed by atoms with Crippen LogP contribution in [0.2, 0.25) is 0 Å². The maximum atomic E-state index is 13.5. The molecule has 1 heterocycles. The highest BCUT2D eigenvalue weighted by Crippen LogP contribution is 2.47. The van der Waals surface area contributed by atoms with Crippen LogP contribution < -0.4 is 5.32 Å². The number of ketones is 1. The van der Waals surface area contributed by atoms with E-state index in [0.717, 1.165) is 49.1 Å². The molecular weight excluding hydrogens is 418 g/mol. The third-order valence-corrected chi connectivity index (χ3v) is 6.95. The predicted molar refractivity (Wildman–Crippen MR) is 124 cm³/mol. The number of dihydropyridines is 1. The Morgan fingerprint density at radius 2 is 1.67 bits per heavy atom. The number of ether oxygens (including phenoxy) is 2. The van der Waals surface area contributed by atoms with Crippen molar-refractivity contribution in [3.63, 3.8) is 0 Å². The SMILES string of the molecule is COC(=O)c1ccc([C@@H]2C(C(=O)OC3CCCCC3)=C(C)NC3=C2C(=O)CC(C)(C)C3)cc1. The number of methoxy groups -OCH3 is 1. The highest BCUT2D eigenvalue weighted by Gasteiger charge is 2.43. The van der Waals surface area contributed by atoms with Crippen molar-refractivity contribution in [2.75, 3.05) is 7.11 Å². The van der Waals surface area contributed by atoms with Crippen LogP contribution in [0, 0.1) is 5.41 Å². The molecule has 176 valence electrons. The van der Waals surface area contributed by atoms with Crippen LogP contribution >= 0.6 is 0 Å². The summed E-state index contributed by atoms with van der Waals surface area (Å²) in [4.78, 5) is 38.7. The van der Waals surface area contributed by atoms with E-state index in [9.17, 15) is 14.4 Å². The van der Waals surface area contributed by atoms with Gasteiger partial charge in [0.1, 0.15) is 6.10 Å². The molecule has 0 spiro atoms. The van der Waals surface area contributed by atoms with E-state index in [0.29, 0.717) is 23.1 Å². The summed E-state index contributed by atoms with van der Waals surface area (Å²) in [6.07, 6.45) is 6.14. The number of Topliss-reactive ketones (excluding diaryl/α,β-unsaturated/α-hetero) is 1. The number of esters is 2. The second-order valence-corrected chi connectivity index (χ2v) is 10.2. The van der Waals surface area contributed by atoms with Crippen molar-refractivity contribution in [1.82, 2.24) is 5.32 Å². The first-order valence-electron chi connectivity index (χ1n) is 11.8. The number of hydrogen-bond acceptors (Lipinski definition) is 6. The maximum Gasteiger partial charge on any atom is 0.337 e. The predicted octanol–water partition coefficient (Wildman–Crippen LogP) is 4.95. The lowest BCUT2D eigenvalue weighted by molar-refractivity contribution is -0.146. The van der Waals surface area contributed by atoms with E-state index in [1.54, 1.807) is 24.3 Å². The van der Waals surface area contributed by atoms with Crippen LogP contribution in [0.15, 0.2) is 46.8 Å². The number of allylic oxidation sites excluding steroid dienone is 3. The van der Waals surface area contributed by atoms with Crippen molar-refractivity contribution in [3.8, 4) is 0 Å². The molecule has 1 atom stereocenters. The zero-order chi connectivity index (χ0) is 23.8. The van der Waals surface area contributed by atoms with Crippen LogP contribution in [-0.2, 0) is 19.1 Å². The van der Waals surface area contributed by atoms with Gasteiger partial charge in [-0.2, -0.15) is 0 Å². The molecule has 1 aromatic carbocycles. The van der Waals surface area contributed by atoms with Crippen molar-refractivity contribution < 1.29 is 23.9 Å². The number of nitrogens with one attached hydrogen (secondary N) is 1. The van der Waals surface area contributed by atoms with Crippen LogP contribution in [0.4, 0.5) is 0 Å². The van der Waals surface area contributed by atoms with E-state index < -0.39 is 11.9 Å². The molecule has 0 amide bonds. The fourth-order valence-electron chi connectivity index (χ4n) is 5.37. The van der Waals surface area contributed by atoms with Crippen LogP contribution in [0.1, 0.15) is 87.6 Å². The van der Waals surface area contributed by atoms with Crippen molar-refractivity contribution >= 4 is 17.7 Å². The molecule has 0 saturated heterocycles. The average Bonchev–Trinajstić information content (AvgIpc) is 2.77. The van der Waals surface area contributed by atoms with Gasteiger partial charge in [-0.25, -0.2) is 9.59 Å². The molecule has 1 saturated carbocycles. The Hall–Kier alpha value is -2.89. The molecule has 0 radical (unpaired) electrons. The largest absolute Gasteiger partial charge is 0.465 e. The summed E-state index contributed by atoms with van der Waals surface area (Å²) < 4.78 is 10.8. The van der Waals surface area contributed by atoms with Gasteiger partial charge in [0.25, 0.3) is 0 Å². The van der Waals surface area contributed by atoms with Crippen molar-refractivity contribution in [1.29, 1.82) is 0 Å². The zero-order valence-electron chi connectivity index (χ0n) is 20.0. The quantitative estimate of drug-likeness (QED) is 0.652. The standard InChI is InChI=1S/C27H33NO5/c1-16-22(26(31)33-19-8-6-5-7-9-19)23(17-10-12-18(13-11-17)25(30)32-4)24-20(28-16)14-27(2,3)15-21(24)29/h10-13,19,23,28H,5-9,14-15H2,1-4H3/t23-/m1/s1. The summed E-state index contributed by atoms with van der Waals surface area (Å²) in [6.45, 7) is 6.05. The van der Waals surface area contributed by atoms with Crippen LogP contribution in [-0.4, -0.2) is 30.9 Å². The summed E-state index contributed by atoms with van der Waals surface area (Å²) >= 11 is 0. The van der Waals surface area contributed by atoms with Gasteiger partial charge in [0, 0.05) is 29.3 Å². The summed E-state index contributed by atoms with van der Waals surface area (Å²) in [7, 11) is 1.34. The van der Waals surface area contributed by atoms with Gasteiger partial charge in [0.15, 0.2) is 5.78 Å². The number of hydrogen-bond donors (Lipinski definition) is 1. The molecule has 2 aliphatic carbocycles. The van der Waals surface area contributed by atoms with Crippen molar-refractivity contribution in [2.24, 2.45) is 5.41 Å². The highest BCUT2D eigenvalue weighted by atomic mass is 16.5. The number of carbonyl (C=O) groups is 3. The first kappa shape index (κ1) is 23.3. The second-order valence-electron chi connectivity index (χ2n) is 10.2. The minimum absolute atomic E-state index is 0.0475. The second kappa shape index (κ2) is 9.16. The Morgan fingerprint density at radius 3 is 2.30 bits per heavy atom. The van der Waals surface area contributed by atoms with Gasteiger partial charge in [-0.05, 0) is 62.1 Å². The Balaban J connectivity index is 1.75. The molecule has 0 bridgehead atoms. The van der Waals surface area contributed by atoms with Gasteiger partial charge in [0.2, 0.25) is 0 Å². The van der Waals surface area contributed by atoms with E-state index >= 15 is 0 Å². The lowest BCUT2D eigenvalue weighted by Crippen LogP contribution is -2.39. The third-order valence-electron chi connectivity index (χ3n) is 6.95. The lowest BCUT2D eigenvalue weighted by Gasteiger charge is -2.39. The maximum absolute atomic E-state index is 13.5. The molecule has 1 N–H and O–H groups in total. The Labute approximate surface area is 195 Å². The number of benzene rings is 1. The van der Waals surface area contributed by atoms with E-state index in [4.69, 9.17) is 9.47 Å². The summed E-state index contributed by atoms with van der Waals surface area (Å²) in [6, 6.07) is 6.97. The molecule has 6 heteroatoms. The lowest BCUT2D eigenvalue weighted by atomic mass is 9.68. The molecule has 1 aromatic rings. The van der Waals surface area contributed by atoms with E-state index in [1.807, 2.05) is 6.92 Å². The van der Waals surface area contributed by atoms with Crippen LogP contribution in [0.25, 0.3) is 0 Å². The Kier molecular flexibility index (Phi) is 6.46. The first-order valence-corrected chi connectivity index (χ1v) is 11.8. The average molecular weight is 452 g/mol. The van der Waals surface area contributed by atoms with Gasteiger partial charge in [-0.1, -0.05) is 32.4 Å². The topological polar surface area (TPSA) is 81.7 Å². The molecule has 0 unspecified atom stereocenters. The third kappa shape index (κ3) is 4.75. The molecule has 6 nitrogen and oxygen atoms in total. The van der Waals surface area contributed by atoms with Gasteiger partial charge in [-0.3, -0.25) is 4.79 Å². The Bertz CT molecular complexity index is 1030. The first-order chi connectivity index (χ1) is 15.7. The monoisotopic (exact) mass is 451 g/mol. The van der Waals surface area contributed by atoms with Gasteiger partial charge in [0.05, 0.1) is 18.2 Å².